The van der Waals surface area contributed by atoms with Crippen molar-refractivity contribution in [3.63, 3.8) is 0 Å². The first kappa shape index (κ1) is 22.0. The molecule has 3 aromatic rings. The Labute approximate surface area is 165 Å². The van der Waals surface area contributed by atoms with Gasteiger partial charge in [-0.05, 0) is 26.0 Å². The molecule has 3 aromatic heterocycles. The number of aryl methyl sites for hydroxylation is 1. The predicted octanol–water partition coefficient (Wildman–Crippen LogP) is 4.25. The number of carbonyl (C=O) groups is 1. The van der Waals surface area contributed by atoms with E-state index in [1.807, 2.05) is 13.8 Å². The van der Waals surface area contributed by atoms with Crippen LogP contribution in [-0.4, -0.2) is 37.3 Å². The van der Waals surface area contributed by atoms with Crippen LogP contribution in [0.5, 0.6) is 0 Å². The molecule has 10 heteroatoms. The fraction of sp³-hybridized carbons (Fsp3) is 0.316. The molecule has 3 rings (SSSR count). The smallest absolute Gasteiger partial charge is 0.435 e. The Balaban J connectivity index is 0.00000145. The van der Waals surface area contributed by atoms with Crippen molar-refractivity contribution in [2.75, 3.05) is 6.61 Å². The van der Waals surface area contributed by atoms with Gasteiger partial charge in [0.1, 0.15) is 5.82 Å². The highest BCUT2D eigenvalue weighted by molar-refractivity contribution is 5.90. The van der Waals surface area contributed by atoms with Gasteiger partial charge in [0.25, 0.3) is 0 Å². The van der Waals surface area contributed by atoms with Crippen LogP contribution in [-0.2, 0) is 10.9 Å². The summed E-state index contributed by atoms with van der Waals surface area (Å²) >= 11 is 0. The fourth-order valence-electron chi connectivity index (χ4n) is 2.34. The first-order chi connectivity index (χ1) is 13.8. The number of hydrogen-bond donors (Lipinski definition) is 0. The number of esters is 1. The van der Waals surface area contributed by atoms with Crippen LogP contribution in [0.1, 0.15) is 42.6 Å². The molecule has 0 radical (unpaired) electrons. The number of nitrogens with zero attached hydrogens (tertiary/aromatic N) is 5. The van der Waals surface area contributed by atoms with Crippen molar-refractivity contribution < 1.29 is 22.7 Å². The second-order valence-electron chi connectivity index (χ2n) is 5.48. The monoisotopic (exact) mass is 407 g/mol. The highest BCUT2D eigenvalue weighted by Gasteiger charge is 2.34. The third kappa shape index (κ3) is 5.15. The lowest BCUT2D eigenvalue weighted by Gasteiger charge is -2.10. The van der Waals surface area contributed by atoms with Gasteiger partial charge in [-0.2, -0.15) is 18.3 Å². The number of alkyl halides is 3. The Bertz CT molecular complexity index is 986. The number of aromatic nitrogens is 5. The maximum Gasteiger partial charge on any atom is 0.435 e. The van der Waals surface area contributed by atoms with E-state index in [9.17, 15) is 18.0 Å². The van der Waals surface area contributed by atoms with E-state index in [0.29, 0.717) is 17.0 Å². The topological polar surface area (TPSA) is 82.8 Å². The highest BCUT2D eigenvalue weighted by atomic mass is 19.4. The van der Waals surface area contributed by atoms with Crippen molar-refractivity contribution in [1.29, 1.82) is 0 Å². The molecule has 0 unspecified atom stereocenters. The summed E-state index contributed by atoms with van der Waals surface area (Å²) in [6.07, 6.45) is 0.828. The summed E-state index contributed by atoms with van der Waals surface area (Å²) in [6, 6.07) is 2.37. The Morgan fingerprint density at radius 3 is 2.55 bits per heavy atom. The van der Waals surface area contributed by atoms with Gasteiger partial charge in [0.15, 0.2) is 11.5 Å². The second-order valence-corrected chi connectivity index (χ2v) is 5.48. The summed E-state index contributed by atoms with van der Waals surface area (Å²) in [4.78, 5) is 24.2. The Hall–Kier alpha value is -3.30. The first-order valence-corrected chi connectivity index (χ1v) is 8.89. The van der Waals surface area contributed by atoms with Crippen molar-refractivity contribution in [3.8, 4) is 16.9 Å². The summed E-state index contributed by atoms with van der Waals surface area (Å²) in [6.45, 7) is 7.49. The molecule has 0 atom stereocenters. The van der Waals surface area contributed by atoms with E-state index in [4.69, 9.17) is 4.74 Å². The maximum absolute atomic E-state index is 12.9. The van der Waals surface area contributed by atoms with Crippen molar-refractivity contribution in [2.24, 2.45) is 0 Å². The van der Waals surface area contributed by atoms with E-state index >= 15 is 0 Å². The van der Waals surface area contributed by atoms with Crippen molar-refractivity contribution in [1.82, 2.24) is 24.7 Å². The number of halogens is 3. The van der Waals surface area contributed by atoms with Gasteiger partial charge < -0.3 is 4.74 Å². The molecule has 0 fully saturated rings. The van der Waals surface area contributed by atoms with E-state index in [1.54, 1.807) is 13.8 Å². The summed E-state index contributed by atoms with van der Waals surface area (Å²) in [7, 11) is 0. The molecule has 0 saturated heterocycles. The van der Waals surface area contributed by atoms with Gasteiger partial charge in [0, 0.05) is 35.9 Å². The molecule has 0 aliphatic carbocycles. The summed E-state index contributed by atoms with van der Waals surface area (Å²) in [5, 5.41) is 3.56. The van der Waals surface area contributed by atoms with E-state index in [-0.39, 0.29) is 18.0 Å². The molecule has 0 amide bonds. The number of rotatable bonds is 4. The molecule has 154 valence electrons. The largest absolute Gasteiger partial charge is 0.462 e. The summed E-state index contributed by atoms with van der Waals surface area (Å²) < 4.78 is 44.6. The van der Waals surface area contributed by atoms with Crippen LogP contribution in [0.2, 0.25) is 0 Å². The molecular formula is C19H20F3N5O2. The quantitative estimate of drug-likeness (QED) is 0.601. The molecule has 0 N–H and O–H groups in total. The molecule has 0 saturated carbocycles. The fourth-order valence-corrected chi connectivity index (χ4v) is 2.34. The lowest BCUT2D eigenvalue weighted by atomic mass is 10.1. The number of carbonyl (C=O) groups excluding carboxylic acids is 1. The van der Waals surface area contributed by atoms with E-state index < -0.39 is 17.8 Å². The lowest BCUT2D eigenvalue weighted by molar-refractivity contribution is -0.141. The van der Waals surface area contributed by atoms with Gasteiger partial charge in [0.2, 0.25) is 0 Å². The molecule has 0 aliphatic heterocycles. The Kier molecular flexibility index (Phi) is 7.03. The molecule has 7 nitrogen and oxygen atoms in total. The number of pyridine rings is 1. The van der Waals surface area contributed by atoms with Crippen LogP contribution in [0.15, 0.2) is 36.9 Å². The molecule has 0 aromatic carbocycles. The molecule has 29 heavy (non-hydrogen) atoms. The Morgan fingerprint density at radius 2 is 1.93 bits per heavy atom. The van der Waals surface area contributed by atoms with Crippen molar-refractivity contribution >= 4 is 5.97 Å². The van der Waals surface area contributed by atoms with Crippen LogP contribution in [0.25, 0.3) is 16.9 Å². The van der Waals surface area contributed by atoms with Gasteiger partial charge >= 0.3 is 12.1 Å². The molecule has 0 aliphatic rings. The molecule has 3 heterocycles. The normalized spacial score (nSPS) is 10.9. The summed E-state index contributed by atoms with van der Waals surface area (Å²) in [5.74, 6) is -0.0620. The van der Waals surface area contributed by atoms with Gasteiger partial charge in [-0.25, -0.2) is 19.4 Å². The average Bonchev–Trinajstić information content (AvgIpc) is 3.20. The van der Waals surface area contributed by atoms with Crippen LogP contribution < -0.4 is 0 Å². The first-order valence-electron chi connectivity index (χ1n) is 8.89. The third-order valence-corrected chi connectivity index (χ3v) is 3.55. The number of hydrogen-bond acceptors (Lipinski definition) is 6. The van der Waals surface area contributed by atoms with Crippen LogP contribution in [0, 0.1) is 6.92 Å². The maximum atomic E-state index is 12.9. The van der Waals surface area contributed by atoms with Crippen LogP contribution in [0.4, 0.5) is 13.2 Å². The van der Waals surface area contributed by atoms with Gasteiger partial charge in [-0.15, -0.1) is 0 Å². The van der Waals surface area contributed by atoms with E-state index in [2.05, 4.69) is 20.1 Å². The molecule has 0 spiro atoms. The zero-order chi connectivity index (χ0) is 21.6. The lowest BCUT2D eigenvalue weighted by Crippen LogP contribution is -2.09. The van der Waals surface area contributed by atoms with Gasteiger partial charge in [-0.1, -0.05) is 13.8 Å². The van der Waals surface area contributed by atoms with E-state index in [0.717, 1.165) is 16.9 Å². The van der Waals surface area contributed by atoms with Crippen LogP contribution >= 0.6 is 0 Å². The zero-order valence-corrected chi connectivity index (χ0v) is 16.4. The van der Waals surface area contributed by atoms with E-state index in [1.165, 1.54) is 24.7 Å². The second kappa shape index (κ2) is 9.26. The van der Waals surface area contributed by atoms with Crippen molar-refractivity contribution in [3.05, 3.63) is 54.0 Å². The minimum atomic E-state index is -4.57. The number of ether oxygens (including phenoxy) is 1. The van der Waals surface area contributed by atoms with Crippen LogP contribution in [0.3, 0.4) is 0 Å². The van der Waals surface area contributed by atoms with Crippen molar-refractivity contribution in [2.45, 2.75) is 33.9 Å². The predicted molar refractivity (Wildman–Crippen MR) is 99.4 cm³/mol. The summed E-state index contributed by atoms with van der Waals surface area (Å²) in [5.41, 5.74) is -0.0175. The zero-order valence-electron chi connectivity index (χ0n) is 16.4. The molecular weight excluding hydrogens is 387 g/mol. The minimum absolute atomic E-state index is 0.140. The average molecular weight is 407 g/mol. The van der Waals surface area contributed by atoms with Gasteiger partial charge in [0.05, 0.1) is 12.2 Å². The SMILES string of the molecule is CC.CCOC(=O)c1cncc(-c2cnc(C)nc2-n2ccc(C(F)(F)F)n2)c1. The Morgan fingerprint density at radius 1 is 1.21 bits per heavy atom. The molecule has 0 bridgehead atoms. The third-order valence-electron chi connectivity index (χ3n) is 3.55. The standard InChI is InChI=1S/C17H14F3N5O2.C2H6/c1-3-27-16(26)12-6-11(7-21-8-12)13-9-22-10(2)23-15(13)25-5-4-14(24-25)17(18,19)20;1-2/h4-9H,3H2,1-2H3;1-2H3. The van der Waals surface area contributed by atoms with Gasteiger partial charge in [-0.3, -0.25) is 4.98 Å². The minimum Gasteiger partial charge on any atom is -0.462 e. The highest BCUT2D eigenvalue weighted by Crippen LogP contribution is 2.29.